The Bertz CT molecular complexity index is 856. The van der Waals surface area contributed by atoms with E-state index >= 15 is 0 Å². The molecule has 0 bridgehead atoms. The molecule has 0 aliphatic heterocycles. The molecule has 6 heteroatoms. The van der Waals surface area contributed by atoms with Gasteiger partial charge < -0.3 is 0 Å². The lowest BCUT2D eigenvalue weighted by molar-refractivity contribution is -0.384. The molecule has 6 nitrogen and oxygen atoms in total. The Hall–Kier alpha value is -3.02. The molecule has 0 atom stereocenters. The molecule has 1 aromatic heterocycles. The second-order valence-corrected chi connectivity index (χ2v) is 4.25. The molecule has 3 aromatic rings. The minimum absolute atomic E-state index is 0.0675. The summed E-state index contributed by atoms with van der Waals surface area (Å²) in [6, 6.07) is 13.3. The normalized spacial score (nSPS) is 10.6. The van der Waals surface area contributed by atoms with Crippen molar-refractivity contribution in [1.82, 2.24) is 10.2 Å². The Kier molecular flexibility index (Phi) is 2.76. The highest BCUT2D eigenvalue weighted by molar-refractivity contribution is 5.95. The Morgan fingerprint density at radius 3 is 2.50 bits per heavy atom. The van der Waals surface area contributed by atoms with Crippen molar-refractivity contribution in [3.05, 3.63) is 69.0 Å². The first-order valence-electron chi connectivity index (χ1n) is 5.89. The summed E-state index contributed by atoms with van der Waals surface area (Å²) >= 11 is 0. The lowest BCUT2D eigenvalue weighted by atomic mass is 10.0. The zero-order chi connectivity index (χ0) is 14.1. The summed E-state index contributed by atoms with van der Waals surface area (Å²) in [4.78, 5) is 22.1. The number of hydrogen-bond acceptors (Lipinski definition) is 4. The number of rotatable bonds is 2. The molecule has 0 fully saturated rings. The quantitative estimate of drug-likeness (QED) is 0.570. The summed E-state index contributed by atoms with van der Waals surface area (Å²) in [6.45, 7) is 0. The fourth-order valence-corrected chi connectivity index (χ4v) is 2.08. The number of benzene rings is 2. The molecule has 0 saturated heterocycles. The third-order valence-electron chi connectivity index (χ3n) is 3.03. The van der Waals surface area contributed by atoms with Gasteiger partial charge in [-0.1, -0.05) is 30.3 Å². The second-order valence-electron chi connectivity index (χ2n) is 4.25. The summed E-state index contributed by atoms with van der Waals surface area (Å²) in [5.74, 6) is 0. The molecule has 0 saturated carbocycles. The first-order chi connectivity index (χ1) is 9.66. The van der Waals surface area contributed by atoms with Crippen LogP contribution in [0.25, 0.3) is 22.0 Å². The van der Waals surface area contributed by atoms with Crippen molar-refractivity contribution in [3.63, 3.8) is 0 Å². The SMILES string of the molecule is O=c1[nH]nc(-c2ccccc2)c2cc([N+](=O)[O-])ccc12. The van der Waals surface area contributed by atoms with Gasteiger partial charge >= 0.3 is 0 Å². The Labute approximate surface area is 112 Å². The van der Waals surface area contributed by atoms with Crippen LogP contribution in [-0.2, 0) is 0 Å². The van der Waals surface area contributed by atoms with Crippen LogP contribution in [0.3, 0.4) is 0 Å². The van der Waals surface area contributed by atoms with Gasteiger partial charge in [-0.3, -0.25) is 14.9 Å². The highest BCUT2D eigenvalue weighted by atomic mass is 16.6. The summed E-state index contributed by atoms with van der Waals surface area (Å²) in [7, 11) is 0. The molecule has 0 spiro atoms. The lowest BCUT2D eigenvalue weighted by Crippen LogP contribution is -2.09. The molecule has 0 aliphatic rings. The number of hydrogen-bond donors (Lipinski definition) is 1. The monoisotopic (exact) mass is 267 g/mol. The van der Waals surface area contributed by atoms with Crippen LogP contribution in [0, 0.1) is 10.1 Å². The van der Waals surface area contributed by atoms with Gasteiger partial charge in [0, 0.05) is 23.1 Å². The van der Waals surface area contributed by atoms with E-state index in [0.717, 1.165) is 5.56 Å². The maximum atomic E-state index is 11.8. The number of nitrogens with zero attached hydrogens (tertiary/aromatic N) is 2. The number of H-pyrrole nitrogens is 1. The van der Waals surface area contributed by atoms with Crippen LogP contribution < -0.4 is 5.56 Å². The summed E-state index contributed by atoms with van der Waals surface area (Å²) in [5.41, 5.74) is 0.870. The maximum Gasteiger partial charge on any atom is 0.272 e. The van der Waals surface area contributed by atoms with Crippen molar-refractivity contribution in [3.8, 4) is 11.3 Å². The zero-order valence-corrected chi connectivity index (χ0v) is 10.2. The van der Waals surface area contributed by atoms with E-state index in [9.17, 15) is 14.9 Å². The van der Waals surface area contributed by atoms with E-state index in [1.54, 1.807) is 0 Å². The minimum atomic E-state index is -0.491. The van der Waals surface area contributed by atoms with E-state index < -0.39 is 4.92 Å². The summed E-state index contributed by atoms with van der Waals surface area (Å²) in [6.07, 6.45) is 0. The maximum absolute atomic E-state index is 11.8. The average molecular weight is 267 g/mol. The van der Waals surface area contributed by atoms with E-state index in [0.29, 0.717) is 16.5 Å². The van der Waals surface area contributed by atoms with Gasteiger partial charge in [-0.25, -0.2) is 5.10 Å². The van der Waals surface area contributed by atoms with Gasteiger partial charge in [0.15, 0.2) is 0 Å². The number of nitrogens with one attached hydrogen (secondary N) is 1. The van der Waals surface area contributed by atoms with Gasteiger partial charge in [0.25, 0.3) is 11.2 Å². The minimum Gasteiger partial charge on any atom is -0.267 e. The van der Waals surface area contributed by atoms with Crippen molar-refractivity contribution < 1.29 is 4.92 Å². The molecule has 0 amide bonds. The van der Waals surface area contributed by atoms with E-state index in [-0.39, 0.29) is 11.2 Å². The molecule has 0 radical (unpaired) electrons. The Morgan fingerprint density at radius 1 is 1.05 bits per heavy atom. The van der Waals surface area contributed by atoms with Crippen molar-refractivity contribution in [1.29, 1.82) is 0 Å². The molecule has 20 heavy (non-hydrogen) atoms. The molecule has 3 rings (SSSR count). The van der Waals surface area contributed by atoms with Crippen molar-refractivity contribution in [2.45, 2.75) is 0 Å². The molecule has 0 aliphatic carbocycles. The fraction of sp³-hybridized carbons (Fsp3) is 0. The molecule has 0 unspecified atom stereocenters. The first kappa shape index (κ1) is 12.0. The summed E-state index contributed by atoms with van der Waals surface area (Å²) in [5, 5.41) is 18.2. The zero-order valence-electron chi connectivity index (χ0n) is 10.2. The number of aromatic amines is 1. The lowest BCUT2D eigenvalue weighted by Gasteiger charge is -2.04. The van der Waals surface area contributed by atoms with Gasteiger partial charge in [0.1, 0.15) is 0 Å². The van der Waals surface area contributed by atoms with E-state index in [4.69, 9.17) is 0 Å². The van der Waals surface area contributed by atoms with Gasteiger partial charge in [-0.15, -0.1) is 0 Å². The Balaban J connectivity index is 2.38. The highest BCUT2D eigenvalue weighted by Crippen LogP contribution is 2.26. The van der Waals surface area contributed by atoms with Gasteiger partial charge in [-0.05, 0) is 6.07 Å². The van der Waals surface area contributed by atoms with Crippen LogP contribution >= 0.6 is 0 Å². The number of aromatic nitrogens is 2. The molecule has 2 aromatic carbocycles. The van der Waals surface area contributed by atoms with Crippen LogP contribution in [0.15, 0.2) is 53.3 Å². The molecular formula is C14H9N3O3. The Morgan fingerprint density at radius 2 is 1.80 bits per heavy atom. The van der Waals surface area contributed by atoms with E-state index in [1.807, 2.05) is 30.3 Å². The largest absolute Gasteiger partial charge is 0.272 e. The first-order valence-corrected chi connectivity index (χ1v) is 5.89. The number of fused-ring (bicyclic) bond motifs is 1. The average Bonchev–Trinajstić information content (AvgIpc) is 2.48. The van der Waals surface area contributed by atoms with Crippen LogP contribution in [0.5, 0.6) is 0 Å². The van der Waals surface area contributed by atoms with Crippen molar-refractivity contribution in [2.75, 3.05) is 0 Å². The van der Waals surface area contributed by atoms with Gasteiger partial charge in [0.05, 0.1) is 16.0 Å². The molecular weight excluding hydrogens is 258 g/mol. The number of nitro groups is 1. The van der Waals surface area contributed by atoms with Crippen LogP contribution in [-0.4, -0.2) is 15.1 Å². The molecule has 98 valence electrons. The predicted octanol–water partition coefficient (Wildman–Crippen LogP) is 2.50. The topological polar surface area (TPSA) is 88.9 Å². The molecule has 1 N–H and O–H groups in total. The third kappa shape index (κ3) is 1.93. The van der Waals surface area contributed by atoms with Crippen LogP contribution in [0.1, 0.15) is 0 Å². The van der Waals surface area contributed by atoms with Crippen molar-refractivity contribution >= 4 is 16.5 Å². The van der Waals surface area contributed by atoms with Crippen molar-refractivity contribution in [2.24, 2.45) is 0 Å². The van der Waals surface area contributed by atoms with E-state index in [2.05, 4.69) is 10.2 Å². The van der Waals surface area contributed by atoms with Crippen LogP contribution in [0.4, 0.5) is 5.69 Å². The predicted molar refractivity (Wildman–Crippen MR) is 74.5 cm³/mol. The number of non-ortho nitro benzene ring substituents is 1. The smallest absolute Gasteiger partial charge is 0.267 e. The second kappa shape index (κ2) is 4.58. The fourth-order valence-electron chi connectivity index (χ4n) is 2.08. The summed E-state index contributed by atoms with van der Waals surface area (Å²) < 4.78 is 0. The number of nitro benzene ring substituents is 1. The van der Waals surface area contributed by atoms with Gasteiger partial charge in [0.2, 0.25) is 0 Å². The van der Waals surface area contributed by atoms with Crippen LogP contribution in [0.2, 0.25) is 0 Å². The third-order valence-corrected chi connectivity index (χ3v) is 3.03. The van der Waals surface area contributed by atoms with E-state index in [1.165, 1.54) is 18.2 Å². The van der Waals surface area contributed by atoms with Gasteiger partial charge in [-0.2, -0.15) is 5.10 Å². The molecule has 1 heterocycles. The standard InChI is InChI=1S/C14H9N3O3/c18-14-11-7-6-10(17(19)20)8-12(11)13(15-16-14)9-4-2-1-3-5-9/h1-8H,(H,16,18). The highest BCUT2D eigenvalue weighted by Gasteiger charge is 2.13.